The summed E-state index contributed by atoms with van der Waals surface area (Å²) < 4.78 is 45.2. The summed E-state index contributed by atoms with van der Waals surface area (Å²) in [4.78, 5) is 10.4. The summed E-state index contributed by atoms with van der Waals surface area (Å²) >= 11 is 0. The molecule has 0 atom stereocenters. The van der Waals surface area contributed by atoms with E-state index in [1.165, 1.54) is 6.07 Å². The fourth-order valence-corrected chi connectivity index (χ4v) is 2.52. The molecule has 0 heterocycles. The Morgan fingerprint density at radius 1 is 1.15 bits per heavy atom. The number of hydrogen-bond donors (Lipinski definition) is 2. The number of carboxylic acid groups (broad SMARTS) is 1. The molecular formula is C19H28F3NO3. The molecule has 0 saturated carbocycles. The number of alkyl halides is 3. The molecule has 0 aromatic heterocycles. The average Bonchev–Trinajstić information content (AvgIpc) is 2.57. The lowest BCUT2D eigenvalue weighted by Crippen LogP contribution is -2.17. The molecule has 1 aromatic carbocycles. The topological polar surface area (TPSA) is 58.6 Å². The largest absolute Gasteiger partial charge is 0.493 e. The molecule has 26 heavy (non-hydrogen) atoms. The Bertz CT molecular complexity index is 547. The van der Waals surface area contributed by atoms with Crippen LogP contribution in [0.25, 0.3) is 0 Å². The van der Waals surface area contributed by atoms with Crippen molar-refractivity contribution in [2.45, 2.75) is 64.6 Å². The first-order valence-electron chi connectivity index (χ1n) is 9.10. The van der Waals surface area contributed by atoms with Crippen LogP contribution in [0, 0.1) is 0 Å². The van der Waals surface area contributed by atoms with E-state index in [4.69, 9.17) is 9.84 Å². The molecule has 0 spiro atoms. The number of carboxylic acids is 1. The van der Waals surface area contributed by atoms with Crippen molar-refractivity contribution in [2.24, 2.45) is 0 Å². The summed E-state index contributed by atoms with van der Waals surface area (Å²) in [5.41, 5.74) is -0.279. The van der Waals surface area contributed by atoms with Gasteiger partial charge in [-0.15, -0.1) is 0 Å². The van der Waals surface area contributed by atoms with Gasteiger partial charge >= 0.3 is 12.1 Å². The minimum Gasteiger partial charge on any atom is -0.493 e. The molecule has 148 valence electrons. The number of nitrogens with one attached hydrogen (secondary N) is 1. The molecule has 4 nitrogen and oxygen atoms in total. The number of unbranched alkanes of at least 4 members (excludes halogenated alkanes) is 4. The van der Waals surface area contributed by atoms with Crippen LogP contribution in [0.1, 0.15) is 63.0 Å². The first-order valence-corrected chi connectivity index (χ1v) is 9.10. The average molecular weight is 375 g/mol. The summed E-state index contributed by atoms with van der Waals surface area (Å²) in [7, 11) is 0. The molecule has 0 bridgehead atoms. The monoisotopic (exact) mass is 375 g/mol. The third-order valence-corrected chi connectivity index (χ3v) is 3.93. The molecule has 0 aliphatic heterocycles. The Balaban J connectivity index is 2.56. The highest BCUT2D eigenvalue weighted by atomic mass is 19.4. The van der Waals surface area contributed by atoms with Crippen molar-refractivity contribution in [3.63, 3.8) is 0 Å². The van der Waals surface area contributed by atoms with E-state index in [9.17, 15) is 18.0 Å². The molecule has 7 heteroatoms. The highest BCUT2D eigenvalue weighted by molar-refractivity contribution is 5.66. The predicted molar refractivity (Wildman–Crippen MR) is 94.3 cm³/mol. The lowest BCUT2D eigenvalue weighted by molar-refractivity contribution is -0.139. The minimum atomic E-state index is -4.48. The van der Waals surface area contributed by atoms with Crippen molar-refractivity contribution < 1.29 is 27.8 Å². The van der Waals surface area contributed by atoms with Gasteiger partial charge < -0.3 is 15.2 Å². The third-order valence-electron chi connectivity index (χ3n) is 3.93. The van der Waals surface area contributed by atoms with E-state index in [2.05, 4.69) is 12.2 Å². The standard InChI is InChI=1S/C19H28F3NO3/c1-2-3-4-5-6-12-26-17-10-9-15(13-16(17)19(20,21)22)14-23-11-7-8-18(24)25/h9-10,13,23H,2-8,11-12,14H2,1H3,(H,24,25). The van der Waals surface area contributed by atoms with Crippen molar-refractivity contribution in [3.8, 4) is 5.75 Å². The zero-order valence-electron chi connectivity index (χ0n) is 15.2. The van der Waals surface area contributed by atoms with Crippen LogP contribution in [0.3, 0.4) is 0 Å². The molecule has 0 saturated heterocycles. The zero-order valence-corrected chi connectivity index (χ0v) is 15.2. The fraction of sp³-hybridized carbons (Fsp3) is 0.632. The minimum absolute atomic E-state index is 0.0336. The number of aliphatic carboxylic acids is 1. The lowest BCUT2D eigenvalue weighted by Gasteiger charge is -2.16. The maximum atomic E-state index is 13.3. The van der Waals surface area contributed by atoms with Crippen molar-refractivity contribution in [1.82, 2.24) is 5.32 Å². The summed E-state index contributed by atoms with van der Waals surface area (Å²) in [5, 5.41) is 11.5. The van der Waals surface area contributed by atoms with Crippen LogP contribution in [0.15, 0.2) is 18.2 Å². The highest BCUT2D eigenvalue weighted by Gasteiger charge is 2.34. The maximum Gasteiger partial charge on any atom is 0.419 e. The molecule has 0 radical (unpaired) electrons. The molecule has 0 aliphatic rings. The molecule has 0 unspecified atom stereocenters. The zero-order chi connectivity index (χ0) is 19.4. The summed E-state index contributed by atoms with van der Waals surface area (Å²) in [6, 6.07) is 4.06. The Hall–Kier alpha value is -1.76. The normalized spacial score (nSPS) is 11.5. The van der Waals surface area contributed by atoms with Crippen molar-refractivity contribution in [1.29, 1.82) is 0 Å². The van der Waals surface area contributed by atoms with Crippen LogP contribution in [0.5, 0.6) is 5.75 Å². The van der Waals surface area contributed by atoms with E-state index in [-0.39, 0.29) is 25.3 Å². The smallest absolute Gasteiger partial charge is 0.419 e. The molecule has 0 fully saturated rings. The summed E-state index contributed by atoms with van der Waals surface area (Å²) in [5.74, 6) is -1.02. The van der Waals surface area contributed by atoms with Gasteiger partial charge in [0.2, 0.25) is 0 Å². The number of benzene rings is 1. The van der Waals surface area contributed by atoms with Gasteiger partial charge in [0.05, 0.1) is 12.2 Å². The van der Waals surface area contributed by atoms with Gasteiger partial charge in [0.15, 0.2) is 0 Å². The second-order valence-electron chi connectivity index (χ2n) is 6.27. The van der Waals surface area contributed by atoms with Gasteiger partial charge in [0, 0.05) is 13.0 Å². The number of carbonyl (C=O) groups is 1. The fourth-order valence-electron chi connectivity index (χ4n) is 2.52. The first kappa shape index (κ1) is 22.3. The highest BCUT2D eigenvalue weighted by Crippen LogP contribution is 2.37. The van der Waals surface area contributed by atoms with Gasteiger partial charge in [0.1, 0.15) is 5.75 Å². The van der Waals surface area contributed by atoms with Crippen LogP contribution < -0.4 is 10.1 Å². The number of ether oxygens (including phenoxy) is 1. The van der Waals surface area contributed by atoms with E-state index in [1.54, 1.807) is 6.07 Å². The first-order chi connectivity index (χ1) is 12.3. The van der Waals surface area contributed by atoms with Crippen LogP contribution >= 0.6 is 0 Å². The second-order valence-corrected chi connectivity index (χ2v) is 6.27. The molecule has 0 amide bonds. The van der Waals surface area contributed by atoms with Crippen molar-refractivity contribution >= 4 is 5.97 Å². The van der Waals surface area contributed by atoms with E-state index in [0.717, 1.165) is 38.2 Å². The number of hydrogen-bond acceptors (Lipinski definition) is 3. The Morgan fingerprint density at radius 2 is 1.88 bits per heavy atom. The number of rotatable bonds is 13. The quantitative estimate of drug-likeness (QED) is 0.476. The molecule has 0 aliphatic carbocycles. The van der Waals surface area contributed by atoms with Gasteiger partial charge in [-0.2, -0.15) is 13.2 Å². The van der Waals surface area contributed by atoms with Gasteiger partial charge in [0.25, 0.3) is 0 Å². The molecule has 1 rings (SSSR count). The van der Waals surface area contributed by atoms with Gasteiger partial charge in [-0.05, 0) is 37.1 Å². The summed E-state index contributed by atoms with van der Waals surface area (Å²) in [6.45, 7) is 3.07. The van der Waals surface area contributed by atoms with Gasteiger partial charge in [-0.25, -0.2) is 0 Å². The van der Waals surface area contributed by atoms with Crippen LogP contribution in [-0.2, 0) is 17.5 Å². The Morgan fingerprint density at radius 3 is 2.54 bits per heavy atom. The van der Waals surface area contributed by atoms with E-state index < -0.39 is 17.7 Å². The van der Waals surface area contributed by atoms with E-state index >= 15 is 0 Å². The lowest BCUT2D eigenvalue weighted by atomic mass is 10.1. The van der Waals surface area contributed by atoms with Crippen molar-refractivity contribution in [2.75, 3.05) is 13.2 Å². The predicted octanol–water partition coefficient (Wildman–Crippen LogP) is 5.01. The number of halogens is 3. The summed E-state index contributed by atoms with van der Waals surface area (Å²) in [6.07, 6.45) is 0.992. The maximum absolute atomic E-state index is 13.3. The van der Waals surface area contributed by atoms with Crippen LogP contribution in [-0.4, -0.2) is 24.2 Å². The molecular weight excluding hydrogens is 347 g/mol. The Labute approximate surface area is 152 Å². The SMILES string of the molecule is CCCCCCCOc1ccc(CNCCCC(=O)O)cc1C(F)(F)F. The Kier molecular flexibility index (Phi) is 10.1. The second kappa shape index (κ2) is 11.8. The van der Waals surface area contributed by atoms with E-state index in [1.807, 2.05) is 0 Å². The van der Waals surface area contributed by atoms with Crippen LogP contribution in [0.4, 0.5) is 13.2 Å². The molecule has 2 N–H and O–H groups in total. The van der Waals surface area contributed by atoms with Gasteiger partial charge in [-0.1, -0.05) is 38.7 Å². The van der Waals surface area contributed by atoms with Gasteiger partial charge in [-0.3, -0.25) is 4.79 Å². The van der Waals surface area contributed by atoms with Crippen LogP contribution in [0.2, 0.25) is 0 Å². The van der Waals surface area contributed by atoms with E-state index in [0.29, 0.717) is 18.5 Å². The van der Waals surface area contributed by atoms with Crippen molar-refractivity contribution in [3.05, 3.63) is 29.3 Å². The molecule has 1 aromatic rings. The third kappa shape index (κ3) is 9.08.